The average Bonchev–Trinajstić information content (AvgIpc) is 2.97. The first-order valence-corrected chi connectivity index (χ1v) is 9.58. The number of aliphatic carboxylic acids is 1. The molecule has 0 saturated carbocycles. The summed E-state index contributed by atoms with van der Waals surface area (Å²) in [6.07, 6.45) is 0.397. The Morgan fingerprint density at radius 3 is 2.55 bits per heavy atom. The topological polar surface area (TPSA) is 93.1 Å². The normalized spacial score (nSPS) is 16.2. The second-order valence-electron chi connectivity index (χ2n) is 6.23. The van der Waals surface area contributed by atoms with Crippen molar-refractivity contribution in [3.05, 3.63) is 64.6 Å². The predicted octanol–water partition coefficient (Wildman–Crippen LogP) is 3.78. The van der Waals surface area contributed by atoms with Crippen molar-refractivity contribution < 1.29 is 29.0 Å². The molecule has 2 aromatic carbocycles. The highest BCUT2D eigenvalue weighted by Gasteiger charge is 2.35. The van der Waals surface area contributed by atoms with Crippen LogP contribution in [0, 0.1) is 0 Å². The van der Waals surface area contributed by atoms with E-state index in [1.54, 1.807) is 18.2 Å². The molecule has 1 saturated heterocycles. The summed E-state index contributed by atoms with van der Waals surface area (Å²) in [5.41, 5.74) is 1.29. The maximum Gasteiger partial charge on any atom is 0.344 e. The SMILES string of the molecule is COc1cccc(/C=C2\SC(=O)N(Cc3ccccc3)C2=O)c1O[C@H](C)C(=O)O. The number of benzene rings is 2. The van der Waals surface area contributed by atoms with E-state index in [-0.39, 0.29) is 22.4 Å². The minimum absolute atomic E-state index is 0.181. The maximum atomic E-state index is 12.8. The highest BCUT2D eigenvalue weighted by Crippen LogP contribution is 2.38. The zero-order valence-electron chi connectivity index (χ0n) is 15.8. The quantitative estimate of drug-likeness (QED) is 0.691. The van der Waals surface area contributed by atoms with E-state index in [4.69, 9.17) is 14.6 Å². The van der Waals surface area contributed by atoms with E-state index in [9.17, 15) is 14.4 Å². The van der Waals surface area contributed by atoms with Crippen LogP contribution in [-0.2, 0) is 16.1 Å². The molecule has 2 amide bonds. The van der Waals surface area contributed by atoms with Crippen LogP contribution >= 0.6 is 11.8 Å². The predicted molar refractivity (Wildman–Crippen MR) is 109 cm³/mol. The fraction of sp³-hybridized carbons (Fsp3) is 0.190. The Balaban J connectivity index is 1.91. The number of ether oxygens (including phenoxy) is 2. The summed E-state index contributed by atoms with van der Waals surface area (Å²) in [6, 6.07) is 14.2. The minimum Gasteiger partial charge on any atom is -0.493 e. The van der Waals surface area contributed by atoms with Gasteiger partial charge in [0.2, 0.25) is 0 Å². The van der Waals surface area contributed by atoms with Crippen LogP contribution in [0.1, 0.15) is 18.1 Å². The molecule has 0 aromatic heterocycles. The molecular formula is C21H19NO6S. The molecular weight excluding hydrogens is 394 g/mol. The number of hydrogen-bond acceptors (Lipinski definition) is 6. The Hall–Kier alpha value is -3.26. The first kappa shape index (κ1) is 20.5. The van der Waals surface area contributed by atoms with Gasteiger partial charge in [-0.2, -0.15) is 0 Å². The lowest BCUT2D eigenvalue weighted by molar-refractivity contribution is -0.144. The summed E-state index contributed by atoms with van der Waals surface area (Å²) in [5.74, 6) is -1.02. The molecule has 0 radical (unpaired) electrons. The molecule has 150 valence electrons. The van der Waals surface area contributed by atoms with Crippen molar-refractivity contribution in [3.63, 3.8) is 0 Å². The van der Waals surface area contributed by atoms with Gasteiger partial charge < -0.3 is 14.6 Å². The summed E-state index contributed by atoms with van der Waals surface area (Å²) in [7, 11) is 1.44. The van der Waals surface area contributed by atoms with Gasteiger partial charge in [0.05, 0.1) is 18.6 Å². The first-order valence-electron chi connectivity index (χ1n) is 8.76. The number of hydrogen-bond donors (Lipinski definition) is 1. The molecule has 1 heterocycles. The number of imide groups is 1. The highest BCUT2D eigenvalue weighted by atomic mass is 32.2. The van der Waals surface area contributed by atoms with Crippen molar-refractivity contribution in [1.29, 1.82) is 0 Å². The summed E-state index contributed by atoms with van der Waals surface area (Å²) < 4.78 is 10.8. The Morgan fingerprint density at radius 1 is 1.17 bits per heavy atom. The molecule has 1 atom stereocenters. The van der Waals surface area contributed by atoms with Gasteiger partial charge in [0, 0.05) is 5.56 Å². The van der Waals surface area contributed by atoms with E-state index in [0.717, 1.165) is 17.3 Å². The lowest BCUT2D eigenvalue weighted by Gasteiger charge is -2.16. The van der Waals surface area contributed by atoms with Crippen molar-refractivity contribution >= 4 is 35.0 Å². The second kappa shape index (κ2) is 8.83. The van der Waals surface area contributed by atoms with Crippen molar-refractivity contribution in [1.82, 2.24) is 4.90 Å². The van der Waals surface area contributed by atoms with E-state index in [1.807, 2.05) is 30.3 Å². The lowest BCUT2D eigenvalue weighted by atomic mass is 10.1. The largest absolute Gasteiger partial charge is 0.493 e. The van der Waals surface area contributed by atoms with E-state index in [1.165, 1.54) is 25.0 Å². The third-order valence-corrected chi connectivity index (χ3v) is 5.12. The number of methoxy groups -OCH3 is 1. The highest BCUT2D eigenvalue weighted by molar-refractivity contribution is 8.18. The molecule has 1 fully saturated rings. The Bertz CT molecular complexity index is 972. The Kier molecular flexibility index (Phi) is 6.23. The molecule has 8 heteroatoms. The van der Waals surface area contributed by atoms with Crippen molar-refractivity contribution in [2.24, 2.45) is 0 Å². The molecule has 0 aliphatic carbocycles. The number of thioether (sulfide) groups is 1. The molecule has 29 heavy (non-hydrogen) atoms. The Morgan fingerprint density at radius 2 is 1.90 bits per heavy atom. The van der Waals surface area contributed by atoms with E-state index < -0.39 is 18.0 Å². The van der Waals surface area contributed by atoms with Crippen LogP contribution in [0.3, 0.4) is 0 Å². The fourth-order valence-corrected chi connectivity index (χ4v) is 3.53. The third kappa shape index (κ3) is 4.60. The molecule has 1 aliphatic heterocycles. The van der Waals surface area contributed by atoms with Crippen LogP contribution in [0.5, 0.6) is 11.5 Å². The monoisotopic (exact) mass is 413 g/mol. The second-order valence-corrected chi connectivity index (χ2v) is 7.22. The van der Waals surface area contributed by atoms with Gasteiger partial charge in [0.15, 0.2) is 17.6 Å². The summed E-state index contributed by atoms with van der Waals surface area (Å²) in [5, 5.41) is 8.78. The number of amides is 2. The minimum atomic E-state index is -1.13. The standard InChI is InChI=1S/C21H19NO6S/c1-13(20(24)25)28-18-15(9-6-10-16(18)27-2)11-17-19(23)22(21(26)29-17)12-14-7-4-3-5-8-14/h3-11,13H,12H2,1-2H3,(H,24,25)/b17-11-/t13-/m1/s1. The number of carbonyl (C=O) groups is 3. The molecule has 7 nitrogen and oxygen atoms in total. The molecule has 0 spiro atoms. The number of carboxylic acid groups (broad SMARTS) is 1. The van der Waals surface area contributed by atoms with Crippen LogP contribution in [0.2, 0.25) is 0 Å². The molecule has 1 aliphatic rings. The van der Waals surface area contributed by atoms with E-state index in [2.05, 4.69) is 0 Å². The molecule has 1 N–H and O–H groups in total. The van der Waals surface area contributed by atoms with Gasteiger partial charge in [-0.15, -0.1) is 0 Å². The Labute approximate surface area is 171 Å². The van der Waals surface area contributed by atoms with Crippen molar-refractivity contribution in [2.45, 2.75) is 19.6 Å². The van der Waals surface area contributed by atoms with Crippen LogP contribution in [0.15, 0.2) is 53.4 Å². The smallest absolute Gasteiger partial charge is 0.344 e. The fourth-order valence-electron chi connectivity index (χ4n) is 2.70. The first-order chi connectivity index (χ1) is 13.9. The van der Waals surface area contributed by atoms with Gasteiger partial charge in [0.1, 0.15) is 0 Å². The van der Waals surface area contributed by atoms with E-state index >= 15 is 0 Å². The number of carbonyl (C=O) groups excluding carboxylic acids is 2. The number of carboxylic acids is 1. The zero-order chi connectivity index (χ0) is 21.0. The third-order valence-electron chi connectivity index (χ3n) is 4.22. The molecule has 2 aromatic rings. The van der Waals surface area contributed by atoms with Gasteiger partial charge in [-0.1, -0.05) is 42.5 Å². The molecule has 0 unspecified atom stereocenters. The van der Waals surface area contributed by atoms with Gasteiger partial charge in [-0.25, -0.2) is 4.79 Å². The van der Waals surface area contributed by atoms with Crippen LogP contribution < -0.4 is 9.47 Å². The van der Waals surface area contributed by atoms with Crippen molar-refractivity contribution in [2.75, 3.05) is 7.11 Å². The summed E-state index contributed by atoms with van der Waals surface area (Å²) in [4.78, 5) is 37.7. The van der Waals surface area contributed by atoms with Crippen LogP contribution in [-0.4, -0.2) is 40.3 Å². The van der Waals surface area contributed by atoms with E-state index in [0.29, 0.717) is 11.3 Å². The number of rotatable bonds is 7. The van der Waals surface area contributed by atoms with Gasteiger partial charge in [-0.3, -0.25) is 14.5 Å². The van der Waals surface area contributed by atoms with Crippen LogP contribution in [0.25, 0.3) is 6.08 Å². The van der Waals surface area contributed by atoms with Gasteiger partial charge in [0.25, 0.3) is 11.1 Å². The average molecular weight is 413 g/mol. The number of nitrogens with zero attached hydrogens (tertiary/aromatic N) is 1. The van der Waals surface area contributed by atoms with Crippen molar-refractivity contribution in [3.8, 4) is 11.5 Å². The lowest BCUT2D eigenvalue weighted by Crippen LogP contribution is -2.27. The maximum absolute atomic E-state index is 12.8. The molecule has 0 bridgehead atoms. The molecule has 3 rings (SSSR count). The summed E-state index contributed by atoms with van der Waals surface area (Å²) in [6.45, 7) is 1.58. The number of para-hydroxylation sites is 1. The van der Waals surface area contributed by atoms with Gasteiger partial charge >= 0.3 is 5.97 Å². The summed E-state index contributed by atoms with van der Waals surface area (Å²) >= 11 is 0.829. The van der Waals surface area contributed by atoms with Crippen LogP contribution in [0.4, 0.5) is 4.79 Å². The van der Waals surface area contributed by atoms with Gasteiger partial charge in [-0.05, 0) is 36.4 Å². The zero-order valence-corrected chi connectivity index (χ0v) is 16.6.